The number of nitrogens with zero attached hydrogens (tertiary/aromatic N) is 3. The highest BCUT2D eigenvalue weighted by Gasteiger charge is 2.31. The molecule has 0 unspecified atom stereocenters. The number of imidazole rings is 1. The first kappa shape index (κ1) is 29.5. The zero-order valence-electron chi connectivity index (χ0n) is 24.8. The maximum Gasteiger partial charge on any atom is 0.251 e. The van der Waals surface area contributed by atoms with Gasteiger partial charge in [-0.15, -0.1) is 0 Å². The third-order valence-corrected chi connectivity index (χ3v) is 7.45. The number of pyridine rings is 2. The molecule has 0 radical (unpaired) electrons. The Labute approximate surface area is 245 Å². The molecule has 5 rings (SSSR count). The molecule has 1 saturated heterocycles. The van der Waals surface area contributed by atoms with Crippen LogP contribution >= 0.6 is 0 Å². The van der Waals surface area contributed by atoms with Crippen LogP contribution in [0.25, 0.3) is 16.8 Å². The van der Waals surface area contributed by atoms with Gasteiger partial charge in [0.2, 0.25) is 0 Å². The molecule has 8 nitrogen and oxygen atoms in total. The number of benzene rings is 1. The molecule has 220 valence electrons. The lowest BCUT2D eigenvalue weighted by atomic mass is 10.0. The van der Waals surface area contributed by atoms with Crippen LogP contribution in [0, 0.1) is 5.82 Å². The van der Waals surface area contributed by atoms with Gasteiger partial charge in [-0.3, -0.25) is 19.0 Å². The van der Waals surface area contributed by atoms with Crippen LogP contribution in [0.2, 0.25) is 0 Å². The Morgan fingerprint density at radius 1 is 1.10 bits per heavy atom. The second kappa shape index (κ2) is 11.7. The highest BCUT2D eigenvalue weighted by Crippen LogP contribution is 2.29. The molecule has 3 aromatic heterocycles. The van der Waals surface area contributed by atoms with Crippen molar-refractivity contribution in [3.05, 3.63) is 89.4 Å². The van der Waals surface area contributed by atoms with Gasteiger partial charge in [0.25, 0.3) is 5.91 Å². The Hall–Kier alpha value is -3.95. The van der Waals surface area contributed by atoms with Crippen LogP contribution in [-0.4, -0.2) is 49.8 Å². The van der Waals surface area contributed by atoms with E-state index in [9.17, 15) is 14.0 Å². The van der Waals surface area contributed by atoms with Crippen molar-refractivity contribution in [3.63, 3.8) is 0 Å². The molecule has 1 fully saturated rings. The number of amides is 1. The van der Waals surface area contributed by atoms with Gasteiger partial charge in [0.15, 0.2) is 5.78 Å². The normalized spacial score (nSPS) is 16.6. The lowest BCUT2D eigenvalue weighted by Gasteiger charge is -2.20. The van der Waals surface area contributed by atoms with E-state index in [1.165, 1.54) is 24.4 Å². The molecular formula is C33H38FN5O3. The van der Waals surface area contributed by atoms with Gasteiger partial charge in [0, 0.05) is 54.8 Å². The Morgan fingerprint density at radius 3 is 2.64 bits per heavy atom. The van der Waals surface area contributed by atoms with Crippen LogP contribution in [-0.2, 0) is 17.7 Å². The molecule has 42 heavy (non-hydrogen) atoms. The molecule has 0 spiro atoms. The number of fused-ring (bicyclic) bond motifs is 1. The molecule has 9 heteroatoms. The molecule has 0 aliphatic carbocycles. The topological polar surface area (TPSA) is 97.6 Å². The smallest absolute Gasteiger partial charge is 0.251 e. The van der Waals surface area contributed by atoms with Crippen LogP contribution in [0.1, 0.15) is 79.4 Å². The first-order valence-corrected chi connectivity index (χ1v) is 14.3. The average Bonchev–Trinajstić information content (AvgIpc) is 3.53. The maximum atomic E-state index is 14.7. The van der Waals surface area contributed by atoms with Gasteiger partial charge in [-0.25, -0.2) is 9.37 Å². The van der Waals surface area contributed by atoms with Gasteiger partial charge in [0.05, 0.1) is 17.9 Å². The second-order valence-electron chi connectivity index (χ2n) is 12.6. The Morgan fingerprint density at radius 2 is 1.90 bits per heavy atom. The summed E-state index contributed by atoms with van der Waals surface area (Å²) >= 11 is 0. The molecular weight excluding hydrogens is 533 g/mol. The van der Waals surface area contributed by atoms with Gasteiger partial charge in [-0.05, 0) is 101 Å². The molecule has 1 amide bonds. The van der Waals surface area contributed by atoms with Crippen molar-refractivity contribution < 1.29 is 18.7 Å². The summed E-state index contributed by atoms with van der Waals surface area (Å²) in [4.78, 5) is 34.9. The summed E-state index contributed by atoms with van der Waals surface area (Å²) in [6.07, 6.45) is 8.49. The summed E-state index contributed by atoms with van der Waals surface area (Å²) in [5.41, 5.74) is 4.13. The van der Waals surface area contributed by atoms with Crippen LogP contribution in [0.5, 0.6) is 0 Å². The first-order valence-electron chi connectivity index (χ1n) is 14.3. The molecule has 4 heterocycles. The van der Waals surface area contributed by atoms with Gasteiger partial charge >= 0.3 is 0 Å². The van der Waals surface area contributed by atoms with Crippen LogP contribution in [0.4, 0.5) is 4.39 Å². The highest BCUT2D eigenvalue weighted by atomic mass is 19.1. The van der Waals surface area contributed by atoms with Crippen molar-refractivity contribution in [3.8, 4) is 11.1 Å². The molecule has 1 aromatic carbocycles. The number of aromatic nitrogens is 3. The van der Waals surface area contributed by atoms with Gasteiger partial charge in [-0.2, -0.15) is 0 Å². The lowest BCUT2D eigenvalue weighted by molar-refractivity contribution is -0.0138. The zero-order valence-corrected chi connectivity index (χ0v) is 24.8. The van der Waals surface area contributed by atoms with Crippen molar-refractivity contribution in [1.82, 2.24) is 25.0 Å². The molecule has 1 aliphatic rings. The van der Waals surface area contributed by atoms with Crippen molar-refractivity contribution in [2.45, 2.75) is 77.7 Å². The summed E-state index contributed by atoms with van der Waals surface area (Å²) in [6.45, 7) is 11.5. The van der Waals surface area contributed by atoms with Gasteiger partial charge in [-0.1, -0.05) is 0 Å². The Balaban J connectivity index is 1.28. The second-order valence-corrected chi connectivity index (χ2v) is 12.6. The van der Waals surface area contributed by atoms with Crippen molar-refractivity contribution in [1.29, 1.82) is 0 Å². The maximum absolute atomic E-state index is 14.7. The third-order valence-electron chi connectivity index (χ3n) is 7.45. The summed E-state index contributed by atoms with van der Waals surface area (Å²) in [7, 11) is 0. The SMILES string of the molecule is CC(C)(C)NCc1cncc(-c2ccn3c(C(=O)Cc4cc(C(=O)NC[C@H]5CCC(C)(C)O5)ccc4F)cnc3c2)c1. The highest BCUT2D eigenvalue weighted by molar-refractivity contribution is 5.98. The fourth-order valence-electron chi connectivity index (χ4n) is 5.12. The predicted molar refractivity (Wildman–Crippen MR) is 160 cm³/mol. The quantitative estimate of drug-likeness (QED) is 0.256. The molecule has 1 aliphatic heterocycles. The number of carbonyl (C=O) groups is 2. The molecule has 0 saturated carbocycles. The molecule has 4 aromatic rings. The lowest BCUT2D eigenvalue weighted by Crippen LogP contribution is -2.35. The number of carbonyl (C=O) groups excluding carboxylic acids is 2. The number of nitrogens with one attached hydrogen (secondary N) is 2. The van der Waals surface area contributed by atoms with Crippen LogP contribution in [0.15, 0.2) is 61.2 Å². The van der Waals surface area contributed by atoms with Crippen molar-refractivity contribution >= 4 is 17.3 Å². The minimum absolute atomic E-state index is 0.00749. The van der Waals surface area contributed by atoms with E-state index in [2.05, 4.69) is 47.4 Å². The number of ketones is 1. The van der Waals surface area contributed by atoms with E-state index in [1.54, 1.807) is 16.8 Å². The largest absolute Gasteiger partial charge is 0.371 e. The monoisotopic (exact) mass is 571 g/mol. The Kier molecular flexibility index (Phi) is 8.25. The zero-order chi connectivity index (χ0) is 30.1. The van der Waals surface area contributed by atoms with E-state index in [0.717, 1.165) is 29.5 Å². The minimum Gasteiger partial charge on any atom is -0.371 e. The van der Waals surface area contributed by atoms with Crippen LogP contribution < -0.4 is 10.6 Å². The number of hydrogen-bond donors (Lipinski definition) is 2. The van der Waals surface area contributed by atoms with Crippen molar-refractivity contribution in [2.24, 2.45) is 0 Å². The summed E-state index contributed by atoms with van der Waals surface area (Å²) in [5.74, 6) is -1.16. The number of rotatable bonds is 9. The van der Waals surface area contributed by atoms with Gasteiger partial charge in [0.1, 0.15) is 17.2 Å². The number of Topliss-reactive ketones (excluding diaryl/α,β-unsaturated/α-hetero) is 1. The van der Waals surface area contributed by atoms with Crippen LogP contribution in [0.3, 0.4) is 0 Å². The summed E-state index contributed by atoms with van der Waals surface area (Å²) < 4.78 is 22.4. The first-order chi connectivity index (χ1) is 19.9. The van der Waals surface area contributed by atoms with E-state index in [4.69, 9.17) is 4.74 Å². The average molecular weight is 572 g/mol. The fraction of sp³-hybridized carbons (Fsp3) is 0.394. The summed E-state index contributed by atoms with van der Waals surface area (Å²) in [6, 6.07) is 9.99. The number of halogens is 1. The van der Waals surface area contributed by atoms with E-state index < -0.39 is 5.82 Å². The number of hydrogen-bond acceptors (Lipinski definition) is 6. The minimum atomic E-state index is -0.537. The molecule has 0 bridgehead atoms. The third kappa shape index (κ3) is 7.09. The van der Waals surface area contributed by atoms with E-state index in [1.807, 2.05) is 32.2 Å². The van der Waals surface area contributed by atoms with E-state index >= 15 is 0 Å². The number of ether oxygens (including phenoxy) is 1. The molecule has 2 N–H and O–H groups in total. The van der Waals surface area contributed by atoms with Crippen molar-refractivity contribution in [2.75, 3.05) is 6.54 Å². The predicted octanol–water partition coefficient (Wildman–Crippen LogP) is 5.54. The standard InChI is InChI=1S/C33H38FN5O3/c1-32(2,3)38-17-21-12-25(18-35-16-21)22-9-11-39-28(20-36-30(39)15-22)29(40)14-24-13-23(6-7-27(24)34)31(41)37-19-26-8-10-33(4,5)42-26/h6-7,9,11-13,15-16,18,20,26,38H,8,10,14,17,19H2,1-5H3,(H,37,41)/t26-/m1/s1. The molecule has 1 atom stereocenters. The fourth-order valence-corrected chi connectivity index (χ4v) is 5.12. The Bertz CT molecular complexity index is 1620. The van der Waals surface area contributed by atoms with Gasteiger partial charge < -0.3 is 15.4 Å². The summed E-state index contributed by atoms with van der Waals surface area (Å²) in [5, 5.41) is 6.34. The van der Waals surface area contributed by atoms with E-state index in [0.29, 0.717) is 30.0 Å². The van der Waals surface area contributed by atoms with E-state index in [-0.39, 0.29) is 40.9 Å².